The number of nitrogens with two attached hydrogens (primary N) is 1. The topological polar surface area (TPSA) is 106 Å². The smallest absolute Gasteiger partial charge is 0.252 e. The summed E-state index contributed by atoms with van der Waals surface area (Å²) in [6.45, 7) is 0. The second kappa shape index (κ2) is 8.21. The van der Waals surface area contributed by atoms with Crippen LogP contribution in [0.3, 0.4) is 0 Å². The maximum absolute atomic E-state index is 11.8. The lowest BCUT2D eigenvalue weighted by atomic mass is 9.76. The molecule has 0 spiro atoms. The number of primary amides is 1. The van der Waals surface area contributed by atoms with Crippen LogP contribution in [0.5, 0.6) is 0 Å². The van der Waals surface area contributed by atoms with Gasteiger partial charge in [0, 0.05) is 24.6 Å². The highest BCUT2D eigenvalue weighted by Crippen LogP contribution is 2.45. The molecule has 3 rings (SSSR count). The van der Waals surface area contributed by atoms with E-state index in [0.717, 1.165) is 35.2 Å². The number of amides is 1. The number of rotatable bonds is 7. The van der Waals surface area contributed by atoms with E-state index in [1.54, 1.807) is 31.3 Å². The van der Waals surface area contributed by atoms with Gasteiger partial charge in [0.2, 0.25) is 0 Å². The van der Waals surface area contributed by atoms with Gasteiger partial charge in [-0.25, -0.2) is 8.42 Å². The van der Waals surface area contributed by atoms with Crippen LogP contribution in [0, 0.1) is 0 Å². The number of hydrogen-bond acceptors (Lipinski definition) is 5. The Balaban J connectivity index is 2.23. The Bertz CT molecular complexity index is 1080. The van der Waals surface area contributed by atoms with Crippen molar-refractivity contribution in [2.45, 2.75) is 30.1 Å². The highest BCUT2D eigenvalue weighted by Gasteiger charge is 2.25. The highest BCUT2D eigenvalue weighted by molar-refractivity contribution is 7.90. The molecule has 0 unspecified atom stereocenters. The molecule has 0 aromatic heterocycles. The molecule has 0 bridgehead atoms. The molecule has 0 saturated heterocycles. The molecule has 6 nitrogen and oxygen atoms in total. The minimum Gasteiger partial charge on any atom is -0.387 e. The van der Waals surface area contributed by atoms with Crippen LogP contribution in [0.25, 0.3) is 17.2 Å². The molecule has 0 heterocycles. The maximum Gasteiger partial charge on any atom is 0.252 e. The molecule has 152 valence electrons. The zero-order chi connectivity index (χ0) is 21.2. The quantitative estimate of drug-likeness (QED) is 0.314. The van der Waals surface area contributed by atoms with Gasteiger partial charge in [-0.1, -0.05) is 30.7 Å². The summed E-state index contributed by atoms with van der Waals surface area (Å²) in [7, 11) is -1.52. The number of aldehydes is 1. The lowest BCUT2D eigenvalue weighted by Crippen LogP contribution is -2.15. The zero-order valence-electron chi connectivity index (χ0n) is 16.4. The molecular weight excluding hydrogens is 388 g/mol. The van der Waals surface area contributed by atoms with Crippen LogP contribution in [-0.4, -0.2) is 33.9 Å². The lowest BCUT2D eigenvalue weighted by Gasteiger charge is -2.30. The summed E-state index contributed by atoms with van der Waals surface area (Å²) in [5, 5.41) is 3.19. The van der Waals surface area contributed by atoms with Crippen molar-refractivity contribution in [3.05, 3.63) is 53.1 Å². The molecule has 1 saturated carbocycles. The van der Waals surface area contributed by atoms with E-state index in [0.29, 0.717) is 17.8 Å². The summed E-state index contributed by atoms with van der Waals surface area (Å²) >= 11 is 0. The molecule has 0 radical (unpaired) electrons. The van der Waals surface area contributed by atoms with Crippen molar-refractivity contribution < 1.29 is 18.0 Å². The third-order valence-corrected chi connectivity index (χ3v) is 6.49. The largest absolute Gasteiger partial charge is 0.387 e. The van der Waals surface area contributed by atoms with Crippen molar-refractivity contribution in [2.24, 2.45) is 5.73 Å². The SMILES string of the molecule is CNc1c(/C=C(\C=O)C(N)=O)ccc(C2CCC2)c1-c1ccc(S(C)(=O)=O)cc1. The zero-order valence-corrected chi connectivity index (χ0v) is 17.3. The molecule has 7 heteroatoms. The predicted molar refractivity (Wildman–Crippen MR) is 114 cm³/mol. The van der Waals surface area contributed by atoms with Gasteiger partial charge in [0.25, 0.3) is 5.91 Å². The second-order valence-corrected chi connectivity index (χ2v) is 9.27. The minimum atomic E-state index is -3.29. The fourth-order valence-corrected chi connectivity index (χ4v) is 4.23. The Morgan fingerprint density at radius 2 is 1.79 bits per heavy atom. The van der Waals surface area contributed by atoms with Gasteiger partial charge in [0.05, 0.1) is 10.5 Å². The van der Waals surface area contributed by atoms with E-state index in [-0.39, 0.29) is 10.5 Å². The summed E-state index contributed by atoms with van der Waals surface area (Å²) in [5.74, 6) is -0.365. The summed E-state index contributed by atoms with van der Waals surface area (Å²) in [6, 6.07) is 10.7. The summed E-state index contributed by atoms with van der Waals surface area (Å²) in [6.07, 6.45) is 6.45. The molecule has 1 amide bonds. The lowest BCUT2D eigenvalue weighted by molar-refractivity contribution is -0.116. The number of hydrogen-bond donors (Lipinski definition) is 2. The Morgan fingerprint density at radius 3 is 2.24 bits per heavy atom. The normalized spacial score (nSPS) is 14.9. The standard InChI is InChI=1S/C22H24N2O4S/c1-24-21-16(12-17(13-25)22(23)26)8-11-19(14-4-3-5-14)20(21)15-6-9-18(10-7-15)29(2,27)28/h6-14,24H,3-5H2,1-2H3,(H2,23,26)/b17-12+. The molecule has 1 aliphatic rings. The predicted octanol–water partition coefficient (Wildman–Crippen LogP) is 3.13. The molecule has 2 aromatic carbocycles. The van der Waals surface area contributed by atoms with Crippen LogP contribution >= 0.6 is 0 Å². The van der Waals surface area contributed by atoms with Crippen molar-refractivity contribution in [3.8, 4) is 11.1 Å². The van der Waals surface area contributed by atoms with Crippen molar-refractivity contribution in [3.63, 3.8) is 0 Å². The minimum absolute atomic E-state index is 0.115. The average molecular weight is 413 g/mol. The fourth-order valence-electron chi connectivity index (χ4n) is 3.59. The third-order valence-electron chi connectivity index (χ3n) is 5.36. The second-order valence-electron chi connectivity index (χ2n) is 7.25. The van der Waals surface area contributed by atoms with Gasteiger partial charge >= 0.3 is 0 Å². The van der Waals surface area contributed by atoms with Gasteiger partial charge in [-0.15, -0.1) is 0 Å². The number of carbonyl (C=O) groups is 2. The maximum atomic E-state index is 11.8. The molecule has 2 aromatic rings. The number of anilines is 1. The van der Waals surface area contributed by atoms with Crippen LogP contribution < -0.4 is 11.1 Å². The molecule has 0 aliphatic heterocycles. The Labute approximate surface area is 170 Å². The van der Waals surface area contributed by atoms with E-state index < -0.39 is 15.7 Å². The third kappa shape index (κ3) is 4.24. The molecule has 3 N–H and O–H groups in total. The number of sulfone groups is 1. The van der Waals surface area contributed by atoms with Gasteiger partial charge in [-0.2, -0.15) is 0 Å². The number of nitrogens with one attached hydrogen (secondary N) is 1. The average Bonchev–Trinajstić information content (AvgIpc) is 2.64. The van der Waals surface area contributed by atoms with Crippen molar-refractivity contribution in [1.29, 1.82) is 0 Å². The molecule has 0 atom stereocenters. The van der Waals surface area contributed by atoms with Gasteiger partial charge in [-0.05, 0) is 53.7 Å². The van der Waals surface area contributed by atoms with Crippen LogP contribution in [0.2, 0.25) is 0 Å². The molecule has 1 fully saturated rings. The van der Waals surface area contributed by atoms with E-state index in [4.69, 9.17) is 5.73 Å². The van der Waals surface area contributed by atoms with E-state index in [2.05, 4.69) is 5.32 Å². The Hall–Kier alpha value is -2.93. The number of carbonyl (C=O) groups excluding carboxylic acids is 2. The first-order valence-electron chi connectivity index (χ1n) is 9.38. The van der Waals surface area contributed by atoms with Gasteiger partial charge in [-0.3, -0.25) is 9.59 Å². The van der Waals surface area contributed by atoms with Crippen LogP contribution in [0.15, 0.2) is 46.9 Å². The van der Waals surface area contributed by atoms with Crippen LogP contribution in [0.1, 0.15) is 36.3 Å². The van der Waals surface area contributed by atoms with Gasteiger partial charge in [0.1, 0.15) is 0 Å². The van der Waals surface area contributed by atoms with Gasteiger partial charge in [0.15, 0.2) is 16.1 Å². The van der Waals surface area contributed by atoms with E-state index >= 15 is 0 Å². The van der Waals surface area contributed by atoms with Crippen molar-refractivity contribution in [1.82, 2.24) is 0 Å². The monoisotopic (exact) mass is 412 g/mol. The van der Waals surface area contributed by atoms with Crippen molar-refractivity contribution >= 4 is 33.8 Å². The first kappa shape index (κ1) is 20.8. The number of benzene rings is 2. The van der Waals surface area contributed by atoms with Gasteiger partial charge < -0.3 is 11.1 Å². The summed E-state index contributed by atoms with van der Waals surface area (Å²) in [4.78, 5) is 23.0. The molecular formula is C22H24N2O4S. The fraction of sp³-hybridized carbons (Fsp3) is 0.273. The molecule has 1 aliphatic carbocycles. The van der Waals surface area contributed by atoms with E-state index in [9.17, 15) is 18.0 Å². The Kier molecular flexibility index (Phi) is 5.88. The molecule has 29 heavy (non-hydrogen) atoms. The first-order chi connectivity index (χ1) is 13.8. The van der Waals surface area contributed by atoms with Crippen LogP contribution in [-0.2, 0) is 19.4 Å². The first-order valence-corrected chi connectivity index (χ1v) is 11.3. The van der Waals surface area contributed by atoms with E-state index in [1.807, 2.05) is 12.1 Å². The van der Waals surface area contributed by atoms with E-state index in [1.165, 1.54) is 18.8 Å². The summed E-state index contributed by atoms with van der Waals surface area (Å²) < 4.78 is 23.6. The Morgan fingerprint density at radius 1 is 1.14 bits per heavy atom. The highest BCUT2D eigenvalue weighted by atomic mass is 32.2. The van der Waals surface area contributed by atoms with Crippen molar-refractivity contribution in [2.75, 3.05) is 18.6 Å². The summed E-state index contributed by atoms with van der Waals surface area (Å²) in [5.41, 5.74) is 9.58. The van der Waals surface area contributed by atoms with Crippen LogP contribution in [0.4, 0.5) is 5.69 Å².